The summed E-state index contributed by atoms with van der Waals surface area (Å²) in [6, 6.07) is 7.78. The van der Waals surface area contributed by atoms with Crippen molar-refractivity contribution in [3.63, 3.8) is 0 Å². The van der Waals surface area contributed by atoms with Gasteiger partial charge in [-0.05, 0) is 32.9 Å². The molecule has 1 atom stereocenters. The third-order valence-corrected chi connectivity index (χ3v) is 3.19. The number of alkyl carbamates (subject to hydrolysis) is 1. The van der Waals surface area contributed by atoms with E-state index in [4.69, 9.17) is 9.15 Å². The van der Waals surface area contributed by atoms with Crippen LogP contribution in [0.5, 0.6) is 0 Å². The predicted octanol–water partition coefficient (Wildman–Crippen LogP) is 4.36. The maximum Gasteiger partial charge on any atom is 0.408 e. The van der Waals surface area contributed by atoms with Gasteiger partial charge in [0.25, 0.3) is 0 Å². The average molecular weight is 351 g/mol. The third-order valence-electron chi connectivity index (χ3n) is 3.19. The Balaban J connectivity index is 2.31. The summed E-state index contributed by atoms with van der Waals surface area (Å²) in [5.41, 5.74) is -1.05. The molecule has 7 heteroatoms. The average Bonchev–Trinajstić information content (AvgIpc) is 3.05. The molecule has 0 unspecified atom stereocenters. The van der Waals surface area contributed by atoms with Crippen molar-refractivity contribution in [1.82, 2.24) is 5.32 Å². The van der Waals surface area contributed by atoms with Crippen molar-refractivity contribution in [1.29, 1.82) is 0 Å². The molecule has 134 valence electrons. The Morgan fingerprint density at radius 3 is 2.24 bits per heavy atom. The van der Waals surface area contributed by atoms with Crippen molar-refractivity contribution in [2.45, 2.75) is 38.3 Å². The van der Waals surface area contributed by atoms with Gasteiger partial charge in [0.15, 0.2) is 6.04 Å². The molecule has 0 radical (unpaired) electrons. The number of hydrogen-bond acceptors (Lipinski definition) is 4. The second kappa shape index (κ2) is 7.04. The van der Waals surface area contributed by atoms with Gasteiger partial charge < -0.3 is 14.5 Å². The second-order valence-electron chi connectivity index (χ2n) is 6.41. The summed E-state index contributed by atoms with van der Waals surface area (Å²) in [4.78, 5) is 24.2. The minimum absolute atomic E-state index is 0.171. The van der Waals surface area contributed by atoms with Gasteiger partial charge in [-0.3, -0.25) is 4.79 Å². The van der Waals surface area contributed by atoms with E-state index in [0.29, 0.717) is 0 Å². The lowest BCUT2D eigenvalue weighted by molar-refractivity contribution is -0.0255. The molecule has 1 aromatic carbocycles. The number of benzene rings is 1. The van der Waals surface area contributed by atoms with E-state index in [2.05, 4.69) is 0 Å². The van der Waals surface area contributed by atoms with E-state index < -0.39 is 29.4 Å². The minimum atomic E-state index is -3.93. The van der Waals surface area contributed by atoms with Crippen LogP contribution in [-0.4, -0.2) is 23.4 Å². The third kappa shape index (κ3) is 4.65. The first-order chi connectivity index (χ1) is 11.6. The minimum Gasteiger partial charge on any atom is -0.467 e. The summed E-state index contributed by atoms with van der Waals surface area (Å²) in [6.07, 6.45) is 0.108. The number of Topliss-reactive ketones (excluding diaryl/α,β-unsaturated/α-hetero) is 1. The lowest BCUT2D eigenvalue weighted by atomic mass is 9.97. The summed E-state index contributed by atoms with van der Waals surface area (Å²) < 4.78 is 39.7. The number of ketones is 1. The van der Waals surface area contributed by atoms with Crippen molar-refractivity contribution in [2.24, 2.45) is 0 Å². The Bertz CT molecular complexity index is 721. The van der Waals surface area contributed by atoms with Gasteiger partial charge in [0.05, 0.1) is 6.26 Å². The van der Waals surface area contributed by atoms with E-state index in [1.807, 2.05) is 5.32 Å². The first-order valence-corrected chi connectivity index (χ1v) is 7.62. The predicted molar refractivity (Wildman–Crippen MR) is 86.5 cm³/mol. The smallest absolute Gasteiger partial charge is 0.408 e. The highest BCUT2D eigenvalue weighted by Gasteiger charge is 2.50. The van der Waals surface area contributed by atoms with Crippen molar-refractivity contribution in [3.05, 3.63) is 60.1 Å². The van der Waals surface area contributed by atoms with Crippen LogP contribution in [0.3, 0.4) is 0 Å². The molecular weight excluding hydrogens is 332 g/mol. The number of rotatable bonds is 5. The Hall–Kier alpha value is -2.70. The highest BCUT2D eigenvalue weighted by atomic mass is 19.3. The van der Waals surface area contributed by atoms with Crippen LogP contribution < -0.4 is 5.32 Å². The Labute approximate surface area is 144 Å². The largest absolute Gasteiger partial charge is 0.467 e. The molecule has 1 aromatic heterocycles. The number of alkyl halides is 2. The summed E-state index contributed by atoms with van der Waals surface area (Å²) in [5, 5.41) is 2.04. The standard InChI is InChI=1S/C18H19F2NO4/c1-17(2,3)25-16(23)21-14(13-10-7-11-24-13)18(19,20)15(22)12-8-5-4-6-9-12/h4-11,14H,1-3H3,(H,21,23)/t14-/m0/s1. The van der Waals surface area contributed by atoms with Gasteiger partial charge in [0, 0.05) is 5.56 Å². The molecule has 0 saturated heterocycles. The molecule has 0 aliphatic heterocycles. The number of furan rings is 1. The summed E-state index contributed by atoms with van der Waals surface area (Å²) in [6.45, 7) is 4.80. The molecular formula is C18H19F2NO4. The molecule has 1 amide bonds. The summed E-state index contributed by atoms with van der Waals surface area (Å²) >= 11 is 0. The van der Waals surface area contributed by atoms with E-state index in [9.17, 15) is 18.4 Å². The number of nitrogens with one attached hydrogen (secondary N) is 1. The maximum atomic E-state index is 14.8. The molecule has 1 N–H and O–H groups in total. The van der Waals surface area contributed by atoms with Gasteiger partial charge in [-0.1, -0.05) is 30.3 Å². The van der Waals surface area contributed by atoms with Crippen LogP contribution in [0.15, 0.2) is 53.1 Å². The number of ether oxygens (including phenoxy) is 1. The van der Waals surface area contributed by atoms with E-state index in [0.717, 1.165) is 0 Å². The number of hydrogen-bond donors (Lipinski definition) is 1. The molecule has 0 bridgehead atoms. The normalized spacial score (nSPS) is 13.2. The number of carbonyl (C=O) groups is 2. The van der Waals surface area contributed by atoms with Crippen LogP contribution in [0.2, 0.25) is 0 Å². The van der Waals surface area contributed by atoms with Gasteiger partial charge in [-0.25, -0.2) is 4.79 Å². The molecule has 0 aliphatic rings. The van der Waals surface area contributed by atoms with Crippen LogP contribution in [0, 0.1) is 0 Å². The topological polar surface area (TPSA) is 68.5 Å². The fourth-order valence-corrected chi connectivity index (χ4v) is 2.13. The van der Waals surface area contributed by atoms with Crippen LogP contribution in [0.1, 0.15) is 42.9 Å². The van der Waals surface area contributed by atoms with Gasteiger partial charge in [-0.2, -0.15) is 8.78 Å². The lowest BCUT2D eigenvalue weighted by Gasteiger charge is -2.27. The Kier molecular flexibility index (Phi) is 5.25. The highest BCUT2D eigenvalue weighted by Crippen LogP contribution is 2.35. The van der Waals surface area contributed by atoms with Crippen molar-refractivity contribution >= 4 is 11.9 Å². The van der Waals surface area contributed by atoms with Crippen LogP contribution >= 0.6 is 0 Å². The second-order valence-corrected chi connectivity index (χ2v) is 6.41. The van der Waals surface area contributed by atoms with Gasteiger partial charge in [0.1, 0.15) is 11.4 Å². The quantitative estimate of drug-likeness (QED) is 0.813. The monoisotopic (exact) mass is 351 g/mol. The zero-order valence-electron chi connectivity index (χ0n) is 14.1. The molecule has 25 heavy (non-hydrogen) atoms. The molecule has 0 fully saturated rings. The number of halogens is 2. The number of carbonyl (C=O) groups excluding carboxylic acids is 2. The zero-order chi connectivity index (χ0) is 18.7. The molecule has 0 saturated carbocycles. The van der Waals surface area contributed by atoms with Gasteiger partial charge in [0.2, 0.25) is 5.78 Å². The lowest BCUT2D eigenvalue weighted by Crippen LogP contribution is -2.46. The molecule has 2 aromatic rings. The zero-order valence-corrected chi connectivity index (χ0v) is 14.1. The fraction of sp³-hybridized carbons (Fsp3) is 0.333. The SMILES string of the molecule is CC(C)(C)OC(=O)N[C@@H](c1ccco1)C(F)(F)C(=O)c1ccccc1. The van der Waals surface area contributed by atoms with Crippen LogP contribution in [0.25, 0.3) is 0 Å². The summed E-state index contributed by atoms with van der Waals surface area (Å²) in [7, 11) is 0. The first kappa shape index (κ1) is 18.6. The van der Waals surface area contributed by atoms with E-state index in [1.165, 1.54) is 42.7 Å². The first-order valence-electron chi connectivity index (χ1n) is 7.62. The van der Waals surface area contributed by atoms with E-state index in [-0.39, 0.29) is 11.3 Å². The molecule has 2 rings (SSSR count). The van der Waals surface area contributed by atoms with E-state index in [1.54, 1.807) is 26.8 Å². The van der Waals surface area contributed by atoms with Crippen molar-refractivity contribution in [3.8, 4) is 0 Å². The summed E-state index contributed by atoms with van der Waals surface area (Å²) in [5.74, 6) is -5.61. The number of amides is 1. The van der Waals surface area contributed by atoms with Crippen molar-refractivity contribution in [2.75, 3.05) is 0 Å². The van der Waals surface area contributed by atoms with Crippen molar-refractivity contribution < 1.29 is 27.5 Å². The van der Waals surface area contributed by atoms with Crippen LogP contribution in [0.4, 0.5) is 13.6 Å². The Morgan fingerprint density at radius 1 is 1.08 bits per heavy atom. The molecule has 1 heterocycles. The maximum absolute atomic E-state index is 14.8. The molecule has 0 aliphatic carbocycles. The van der Waals surface area contributed by atoms with Gasteiger partial charge in [-0.15, -0.1) is 0 Å². The van der Waals surface area contributed by atoms with Gasteiger partial charge >= 0.3 is 12.0 Å². The molecule has 0 spiro atoms. The fourth-order valence-electron chi connectivity index (χ4n) is 2.13. The van der Waals surface area contributed by atoms with Crippen LogP contribution in [-0.2, 0) is 4.74 Å². The Morgan fingerprint density at radius 2 is 1.72 bits per heavy atom. The van der Waals surface area contributed by atoms with E-state index >= 15 is 0 Å². The highest BCUT2D eigenvalue weighted by molar-refractivity contribution is 6.02. The molecule has 5 nitrogen and oxygen atoms in total.